The Morgan fingerprint density at radius 2 is 2.06 bits per heavy atom. The number of hydrogen-bond acceptors (Lipinski definition) is 5. The maximum Gasteiger partial charge on any atom is 0.254 e. The lowest BCUT2D eigenvalue weighted by Crippen LogP contribution is -2.30. The predicted molar refractivity (Wildman–Crippen MR) is 137 cm³/mol. The Hall–Kier alpha value is -3.47. The lowest BCUT2D eigenvalue weighted by atomic mass is 9.93. The van der Waals surface area contributed by atoms with E-state index < -0.39 is 24.5 Å². The molecular weight excluding hydrogens is 456 g/mol. The minimum absolute atomic E-state index is 0.298. The zero-order valence-electron chi connectivity index (χ0n) is 22.9. The topological polar surface area (TPSA) is 71.2 Å². The Morgan fingerprint density at radius 3 is 2.77 bits per heavy atom. The zero-order valence-corrected chi connectivity index (χ0v) is 20.7. The van der Waals surface area contributed by atoms with Crippen LogP contribution < -0.4 is 0 Å². The fourth-order valence-electron chi connectivity index (χ4n) is 5.26. The van der Waals surface area contributed by atoms with Crippen LogP contribution in [0.3, 0.4) is 0 Å². The van der Waals surface area contributed by atoms with E-state index in [1.54, 1.807) is 32.9 Å². The van der Waals surface area contributed by atoms with Gasteiger partial charge in [-0.05, 0) is 57.5 Å². The maximum absolute atomic E-state index is 13.7. The molecule has 35 heavy (non-hydrogen) atoms. The zero-order chi connectivity index (χ0) is 27.1. The molecule has 0 saturated carbocycles. The van der Waals surface area contributed by atoms with Gasteiger partial charge in [0.2, 0.25) is 0 Å². The van der Waals surface area contributed by atoms with Crippen LogP contribution in [0, 0.1) is 18.8 Å². The monoisotopic (exact) mass is 485 g/mol. The highest BCUT2D eigenvalue weighted by Crippen LogP contribution is 2.48. The van der Waals surface area contributed by atoms with Crippen LogP contribution in [-0.2, 0) is 5.60 Å². The number of amides is 1. The van der Waals surface area contributed by atoms with Crippen molar-refractivity contribution in [1.29, 1.82) is 0 Å². The van der Waals surface area contributed by atoms with Crippen LogP contribution in [0.15, 0.2) is 36.4 Å². The molecule has 4 aromatic rings. The van der Waals surface area contributed by atoms with E-state index in [0.29, 0.717) is 28.4 Å². The highest BCUT2D eigenvalue weighted by Gasteiger charge is 2.44. The van der Waals surface area contributed by atoms with Crippen LogP contribution >= 0.6 is 11.3 Å². The first-order valence-corrected chi connectivity index (χ1v) is 12.3. The van der Waals surface area contributed by atoms with E-state index in [2.05, 4.69) is 21.4 Å². The Balaban J connectivity index is 1.62. The first kappa shape index (κ1) is 18.8. The molecule has 176 valence electrons. The molecule has 2 bridgehead atoms. The van der Waals surface area contributed by atoms with Crippen molar-refractivity contribution in [3.8, 4) is 22.3 Å². The van der Waals surface area contributed by atoms with Crippen LogP contribution in [0.1, 0.15) is 81.4 Å². The van der Waals surface area contributed by atoms with Crippen LogP contribution in [0.5, 0.6) is 0 Å². The molecule has 0 spiro atoms. The van der Waals surface area contributed by atoms with Gasteiger partial charge in [0.15, 0.2) is 0 Å². The van der Waals surface area contributed by atoms with Crippen molar-refractivity contribution in [3.63, 3.8) is 0 Å². The molecular formula is C28H26N4O2S. The highest BCUT2D eigenvalue weighted by molar-refractivity contribution is 7.15. The van der Waals surface area contributed by atoms with Gasteiger partial charge in [-0.1, -0.05) is 18.1 Å². The molecule has 0 unspecified atom stereocenters. The van der Waals surface area contributed by atoms with E-state index in [-0.39, 0.29) is 6.04 Å². The van der Waals surface area contributed by atoms with Gasteiger partial charge in [0, 0.05) is 34.2 Å². The second-order valence-corrected chi connectivity index (χ2v) is 10.6. The first-order valence-electron chi connectivity index (χ1n) is 13.0. The van der Waals surface area contributed by atoms with Gasteiger partial charge in [0.05, 0.1) is 33.7 Å². The average molecular weight is 486 g/mol. The van der Waals surface area contributed by atoms with Crippen LogP contribution in [0.2, 0.25) is 0 Å². The van der Waals surface area contributed by atoms with Crippen molar-refractivity contribution in [2.24, 2.45) is 0 Å². The molecule has 1 N–H and O–H groups in total. The molecule has 0 radical (unpaired) electrons. The van der Waals surface area contributed by atoms with E-state index in [9.17, 15) is 9.90 Å². The number of hydrogen-bond donors (Lipinski definition) is 1. The third-order valence-electron chi connectivity index (χ3n) is 6.82. The number of benzene rings is 2. The second kappa shape index (κ2) is 7.51. The standard InChI is InChI=1S/C28H26N4O2S/c1-6-8-16-9-7-10-18-23(16)21-14-22(31(5)26(18)33)25-30-19-12-11-17(13-20(19)32(21)25)24-15(2)29-27(35-24)28(3,4)34/h7,9-13,21-22,34H,14H2,1-5H3/t21-,22-/m1/s1/i5D3. The normalized spacial score (nSPS) is 20.4. The number of aromatic nitrogens is 3. The lowest BCUT2D eigenvalue weighted by Gasteiger charge is -2.24. The van der Waals surface area contributed by atoms with Crippen LogP contribution in [0.4, 0.5) is 0 Å². The summed E-state index contributed by atoms with van der Waals surface area (Å²) in [4.78, 5) is 25.1. The Morgan fingerprint density at radius 1 is 1.23 bits per heavy atom. The molecule has 2 aliphatic heterocycles. The van der Waals surface area contributed by atoms with E-state index >= 15 is 0 Å². The van der Waals surface area contributed by atoms with Gasteiger partial charge in [0.1, 0.15) is 16.4 Å². The van der Waals surface area contributed by atoms with Gasteiger partial charge in [-0.2, -0.15) is 0 Å². The largest absolute Gasteiger partial charge is 0.383 e. The molecule has 2 aromatic heterocycles. The van der Waals surface area contributed by atoms with Crippen molar-refractivity contribution in [3.05, 3.63) is 69.6 Å². The lowest BCUT2D eigenvalue weighted by molar-refractivity contribution is 0.0733. The summed E-state index contributed by atoms with van der Waals surface area (Å²) in [7, 11) is 0. The van der Waals surface area contributed by atoms with Crippen molar-refractivity contribution in [1.82, 2.24) is 19.4 Å². The molecule has 7 heteroatoms. The third kappa shape index (κ3) is 3.17. The van der Waals surface area contributed by atoms with E-state index in [1.807, 2.05) is 31.2 Å². The summed E-state index contributed by atoms with van der Waals surface area (Å²) in [5.74, 6) is 6.11. The third-order valence-corrected chi connectivity index (χ3v) is 8.33. The number of imidazole rings is 1. The number of carbonyl (C=O) groups excluding carboxylic acids is 1. The SMILES string of the molecule is [2H]C([2H])([2H])N1C(=O)c2cccc(C#CC)c2[C@H]2C[C@@H]1c1nc3ccc(-c4sc(C(C)(C)O)nc4C)cc3n12. The highest BCUT2D eigenvalue weighted by atomic mass is 32.1. The molecule has 1 amide bonds. The average Bonchev–Trinajstić information content (AvgIpc) is 3.48. The molecule has 0 saturated heterocycles. The summed E-state index contributed by atoms with van der Waals surface area (Å²) in [5, 5.41) is 11.1. The number of aryl methyl sites for hydroxylation is 1. The predicted octanol–water partition coefficient (Wildman–Crippen LogP) is 5.19. The Bertz CT molecular complexity index is 1700. The van der Waals surface area contributed by atoms with Gasteiger partial charge < -0.3 is 14.6 Å². The summed E-state index contributed by atoms with van der Waals surface area (Å²) >= 11 is 1.45. The summed E-state index contributed by atoms with van der Waals surface area (Å²) in [6.45, 7) is 4.48. The smallest absolute Gasteiger partial charge is 0.254 e. The minimum Gasteiger partial charge on any atom is -0.383 e. The molecule has 6 rings (SSSR count). The summed E-state index contributed by atoms with van der Waals surface area (Å²) in [5.41, 5.74) is 4.13. The Kier molecular flexibility index (Phi) is 4.04. The number of carbonyl (C=O) groups is 1. The maximum atomic E-state index is 13.7. The number of rotatable bonds is 2. The van der Waals surface area contributed by atoms with Gasteiger partial charge in [0.25, 0.3) is 5.91 Å². The number of nitrogens with zero attached hydrogens (tertiary/aromatic N) is 4. The first-order chi connectivity index (χ1) is 17.9. The van der Waals surface area contributed by atoms with Crippen molar-refractivity contribution < 1.29 is 14.0 Å². The number of thiazole rings is 1. The molecule has 6 nitrogen and oxygen atoms in total. The number of aliphatic hydroxyl groups is 1. The molecule has 2 atom stereocenters. The Labute approximate surface area is 212 Å². The van der Waals surface area contributed by atoms with E-state index in [0.717, 1.165) is 37.6 Å². The fourth-order valence-corrected chi connectivity index (χ4v) is 6.32. The summed E-state index contributed by atoms with van der Waals surface area (Å²) in [6, 6.07) is 10.3. The quantitative estimate of drug-likeness (QED) is 0.397. The van der Waals surface area contributed by atoms with Gasteiger partial charge in [-0.15, -0.1) is 17.3 Å². The van der Waals surface area contributed by atoms with Crippen LogP contribution in [-0.4, -0.2) is 37.4 Å². The minimum atomic E-state index is -2.63. The van der Waals surface area contributed by atoms with Gasteiger partial charge in [-0.25, -0.2) is 9.97 Å². The van der Waals surface area contributed by atoms with Crippen LogP contribution in [0.25, 0.3) is 21.5 Å². The van der Waals surface area contributed by atoms with Crippen molar-refractivity contribution in [2.75, 3.05) is 6.98 Å². The van der Waals surface area contributed by atoms with Gasteiger partial charge in [-0.3, -0.25) is 4.79 Å². The summed E-state index contributed by atoms with van der Waals surface area (Å²) < 4.78 is 26.8. The van der Waals surface area contributed by atoms with E-state index in [1.165, 1.54) is 11.3 Å². The fraction of sp³-hybridized carbons (Fsp3) is 0.321. The molecule has 4 heterocycles. The number of fused-ring (bicyclic) bond motifs is 9. The van der Waals surface area contributed by atoms with Crippen molar-refractivity contribution in [2.45, 2.75) is 51.8 Å². The molecule has 2 aromatic carbocycles. The molecule has 2 aliphatic rings. The van der Waals surface area contributed by atoms with Gasteiger partial charge >= 0.3 is 0 Å². The molecule has 0 aliphatic carbocycles. The van der Waals surface area contributed by atoms with Crippen molar-refractivity contribution >= 4 is 28.3 Å². The van der Waals surface area contributed by atoms with E-state index in [4.69, 9.17) is 9.10 Å². The molecule has 0 fully saturated rings. The second-order valence-electron chi connectivity index (χ2n) is 9.62. The summed E-state index contributed by atoms with van der Waals surface area (Å²) in [6.07, 6.45) is 0.407.